The highest BCUT2D eigenvalue weighted by Gasteiger charge is 2.19. The lowest BCUT2D eigenvalue weighted by atomic mass is 10.1. The lowest BCUT2D eigenvalue weighted by molar-refractivity contribution is 0.597. The molecule has 0 amide bonds. The topological polar surface area (TPSA) is 72.3 Å². The summed E-state index contributed by atoms with van der Waals surface area (Å²) in [5, 5.41) is 4.30. The molecule has 7 heteroatoms. The number of sulfone groups is 1. The number of hydrogen-bond donors (Lipinski definition) is 0. The minimum atomic E-state index is -3.18. The van der Waals surface area contributed by atoms with Crippen LogP contribution in [0.5, 0.6) is 0 Å². The zero-order valence-corrected chi connectivity index (χ0v) is 14.0. The summed E-state index contributed by atoms with van der Waals surface area (Å²) in [6, 6.07) is 8.56. The van der Waals surface area contributed by atoms with Crippen LogP contribution in [0.25, 0.3) is 0 Å². The van der Waals surface area contributed by atoms with Gasteiger partial charge in [-0.05, 0) is 24.3 Å². The van der Waals surface area contributed by atoms with Crippen LogP contribution in [-0.4, -0.2) is 30.5 Å². The smallest absolute Gasteiger partial charge is 0.266 e. The molecule has 0 unspecified atom stereocenters. The molecule has 6 nitrogen and oxygen atoms in total. The monoisotopic (exact) mass is 333 g/mol. The van der Waals surface area contributed by atoms with Gasteiger partial charge in [0.2, 0.25) is 0 Å². The van der Waals surface area contributed by atoms with E-state index in [0.717, 1.165) is 29.9 Å². The van der Waals surface area contributed by atoms with Gasteiger partial charge in [-0.2, -0.15) is 5.10 Å². The van der Waals surface area contributed by atoms with Crippen molar-refractivity contribution >= 4 is 15.5 Å². The third kappa shape index (κ3) is 3.01. The van der Waals surface area contributed by atoms with Crippen LogP contribution in [0.1, 0.15) is 18.2 Å². The summed E-state index contributed by atoms with van der Waals surface area (Å²) in [4.78, 5) is 14.2. The summed E-state index contributed by atoms with van der Waals surface area (Å²) < 4.78 is 25.1. The molecule has 0 N–H and O–H groups in total. The first-order chi connectivity index (χ1) is 10.9. The lowest BCUT2D eigenvalue weighted by Gasteiger charge is -2.30. The first-order valence-corrected chi connectivity index (χ1v) is 9.20. The fourth-order valence-electron chi connectivity index (χ4n) is 2.74. The van der Waals surface area contributed by atoms with Crippen LogP contribution in [-0.2, 0) is 29.9 Å². The Morgan fingerprint density at radius 1 is 1.22 bits per heavy atom. The molecule has 1 aliphatic rings. The van der Waals surface area contributed by atoms with Crippen molar-refractivity contribution in [3.05, 3.63) is 51.9 Å². The van der Waals surface area contributed by atoms with Gasteiger partial charge in [-0.25, -0.2) is 13.1 Å². The molecule has 0 aliphatic carbocycles. The van der Waals surface area contributed by atoms with Crippen molar-refractivity contribution in [2.24, 2.45) is 7.05 Å². The van der Waals surface area contributed by atoms with E-state index in [1.54, 1.807) is 32.2 Å². The summed E-state index contributed by atoms with van der Waals surface area (Å²) in [5.74, 6) is 0.0956. The quantitative estimate of drug-likeness (QED) is 0.842. The van der Waals surface area contributed by atoms with E-state index in [1.807, 2.05) is 12.1 Å². The molecule has 0 fully saturated rings. The average molecular weight is 333 g/mol. The maximum absolute atomic E-state index is 11.9. The first-order valence-electron chi connectivity index (χ1n) is 7.54. The van der Waals surface area contributed by atoms with E-state index in [1.165, 1.54) is 4.68 Å². The third-order valence-electron chi connectivity index (χ3n) is 4.18. The van der Waals surface area contributed by atoms with Gasteiger partial charge >= 0.3 is 0 Å². The number of anilines is 1. The molecule has 0 saturated carbocycles. The van der Waals surface area contributed by atoms with Gasteiger partial charge in [0.05, 0.1) is 16.3 Å². The number of rotatable bonds is 3. The predicted molar refractivity (Wildman–Crippen MR) is 88.4 cm³/mol. The second-order valence-electron chi connectivity index (χ2n) is 5.65. The number of benzene rings is 1. The van der Waals surface area contributed by atoms with Crippen molar-refractivity contribution in [1.29, 1.82) is 0 Å². The van der Waals surface area contributed by atoms with E-state index >= 15 is 0 Å². The maximum atomic E-state index is 11.9. The Kier molecular flexibility index (Phi) is 3.97. The van der Waals surface area contributed by atoms with Gasteiger partial charge in [-0.15, -0.1) is 0 Å². The second kappa shape index (κ2) is 5.81. The van der Waals surface area contributed by atoms with Gasteiger partial charge in [0.15, 0.2) is 9.84 Å². The van der Waals surface area contributed by atoms with Gasteiger partial charge < -0.3 is 4.90 Å². The predicted octanol–water partition coefficient (Wildman–Crippen LogP) is 1.14. The summed E-state index contributed by atoms with van der Waals surface area (Å²) in [5.41, 5.74) is 2.72. The molecule has 0 bridgehead atoms. The molecule has 0 spiro atoms. The van der Waals surface area contributed by atoms with Crippen LogP contribution in [0, 0.1) is 0 Å². The Morgan fingerprint density at radius 3 is 2.57 bits per heavy atom. The minimum absolute atomic E-state index is 0.0956. The molecule has 2 aromatic rings. The van der Waals surface area contributed by atoms with Crippen molar-refractivity contribution in [3.63, 3.8) is 0 Å². The summed E-state index contributed by atoms with van der Waals surface area (Å²) >= 11 is 0. The first kappa shape index (κ1) is 15.7. The average Bonchev–Trinajstić information content (AvgIpc) is 2.55. The van der Waals surface area contributed by atoms with Crippen molar-refractivity contribution in [2.75, 3.05) is 17.2 Å². The fraction of sp³-hybridized carbons (Fsp3) is 0.375. The van der Waals surface area contributed by atoms with Crippen LogP contribution in [0.2, 0.25) is 0 Å². The molecule has 122 valence electrons. The Labute approximate surface area is 135 Å². The van der Waals surface area contributed by atoms with Crippen molar-refractivity contribution in [2.45, 2.75) is 24.8 Å². The molecule has 2 heterocycles. The summed E-state index contributed by atoms with van der Waals surface area (Å²) in [6.45, 7) is 3.04. The van der Waals surface area contributed by atoms with E-state index in [2.05, 4.69) is 10.00 Å². The zero-order chi connectivity index (χ0) is 16.6. The van der Waals surface area contributed by atoms with Gasteiger partial charge in [0.25, 0.3) is 5.56 Å². The maximum Gasteiger partial charge on any atom is 0.266 e. The lowest BCUT2D eigenvalue weighted by Crippen LogP contribution is -2.34. The molecular weight excluding hydrogens is 314 g/mol. The van der Waals surface area contributed by atoms with Crippen molar-refractivity contribution in [3.8, 4) is 0 Å². The minimum Gasteiger partial charge on any atom is -0.367 e. The van der Waals surface area contributed by atoms with Gasteiger partial charge in [0, 0.05) is 43.9 Å². The number of aromatic nitrogens is 2. The van der Waals surface area contributed by atoms with E-state index in [0.29, 0.717) is 11.4 Å². The molecule has 1 aromatic carbocycles. The zero-order valence-electron chi connectivity index (χ0n) is 13.2. The molecule has 1 aliphatic heterocycles. The van der Waals surface area contributed by atoms with Crippen molar-refractivity contribution < 1.29 is 8.42 Å². The largest absolute Gasteiger partial charge is 0.367 e. The summed E-state index contributed by atoms with van der Waals surface area (Å²) in [7, 11) is -1.52. The molecule has 0 saturated heterocycles. The molecule has 23 heavy (non-hydrogen) atoms. The number of fused-ring (bicyclic) bond motifs is 1. The van der Waals surface area contributed by atoms with Gasteiger partial charge in [-0.1, -0.05) is 6.92 Å². The van der Waals surface area contributed by atoms with Gasteiger partial charge in [-0.3, -0.25) is 4.79 Å². The molecule has 0 radical (unpaired) electrons. The van der Waals surface area contributed by atoms with E-state index < -0.39 is 9.84 Å². The molecule has 3 rings (SSSR count). The van der Waals surface area contributed by atoms with Crippen LogP contribution in [0.4, 0.5) is 5.69 Å². The van der Waals surface area contributed by atoms with Crippen LogP contribution in [0.15, 0.2) is 40.0 Å². The number of nitrogens with zero attached hydrogens (tertiary/aromatic N) is 3. The standard InChI is InChI=1S/C16H19N3O3S/c1-3-23(21,22)14-6-4-13(5-7-14)19-9-8-15-12(11-19)10-16(20)18(2)17-15/h4-7,10H,3,8-9,11H2,1-2H3. The van der Waals surface area contributed by atoms with E-state index in [4.69, 9.17) is 0 Å². The van der Waals surface area contributed by atoms with Crippen LogP contribution < -0.4 is 10.5 Å². The van der Waals surface area contributed by atoms with E-state index in [9.17, 15) is 13.2 Å². The van der Waals surface area contributed by atoms with Gasteiger partial charge in [0.1, 0.15) is 0 Å². The fourth-order valence-corrected chi connectivity index (χ4v) is 3.63. The Bertz CT molecular complexity index is 886. The normalized spacial score (nSPS) is 14.6. The highest BCUT2D eigenvalue weighted by molar-refractivity contribution is 7.91. The van der Waals surface area contributed by atoms with E-state index in [-0.39, 0.29) is 11.3 Å². The van der Waals surface area contributed by atoms with Crippen LogP contribution in [0.3, 0.4) is 0 Å². The highest BCUT2D eigenvalue weighted by atomic mass is 32.2. The van der Waals surface area contributed by atoms with Crippen molar-refractivity contribution in [1.82, 2.24) is 9.78 Å². The Morgan fingerprint density at radius 2 is 1.91 bits per heavy atom. The highest BCUT2D eigenvalue weighted by Crippen LogP contribution is 2.24. The Balaban J connectivity index is 1.86. The third-order valence-corrected chi connectivity index (χ3v) is 5.93. The molecular formula is C16H19N3O3S. The molecule has 0 atom stereocenters. The SMILES string of the molecule is CCS(=O)(=O)c1ccc(N2CCc3nn(C)c(=O)cc3C2)cc1. The Hall–Kier alpha value is -2.15. The molecule has 1 aromatic heterocycles. The number of hydrogen-bond acceptors (Lipinski definition) is 5. The van der Waals surface area contributed by atoms with Crippen LogP contribution >= 0.6 is 0 Å². The second-order valence-corrected chi connectivity index (χ2v) is 7.93. The number of aryl methyl sites for hydroxylation is 1. The summed E-state index contributed by atoms with van der Waals surface area (Å²) in [6.07, 6.45) is 0.762.